The molecule has 1 aromatic carbocycles. The number of nitrogen functional groups attached to an aromatic ring is 1. The highest BCUT2D eigenvalue weighted by Gasteiger charge is 2.13. The van der Waals surface area contributed by atoms with Gasteiger partial charge in [-0.2, -0.15) is 0 Å². The minimum Gasteiger partial charge on any atom is -0.383 e. The third-order valence-electron chi connectivity index (χ3n) is 2.58. The summed E-state index contributed by atoms with van der Waals surface area (Å²) < 4.78 is 13.1. The van der Waals surface area contributed by atoms with Crippen LogP contribution in [-0.4, -0.2) is 9.97 Å². The highest BCUT2D eigenvalue weighted by molar-refractivity contribution is 6.39. The number of hydrogen-bond acceptors (Lipinski definition) is 4. The molecule has 0 spiro atoms. The molecule has 2 rings (SSSR count). The molecule has 0 atom stereocenters. The van der Waals surface area contributed by atoms with Gasteiger partial charge in [-0.15, -0.1) is 0 Å². The van der Waals surface area contributed by atoms with Crippen LogP contribution in [0, 0.1) is 5.82 Å². The zero-order chi connectivity index (χ0) is 14.0. The van der Waals surface area contributed by atoms with Crippen molar-refractivity contribution in [3.05, 3.63) is 39.9 Å². The van der Waals surface area contributed by atoms with Crippen LogP contribution in [0.3, 0.4) is 0 Å². The lowest BCUT2D eigenvalue weighted by Gasteiger charge is -2.13. The topological polar surface area (TPSA) is 63.8 Å². The lowest BCUT2D eigenvalue weighted by Crippen LogP contribution is -2.05. The average molecular weight is 301 g/mol. The summed E-state index contributed by atoms with van der Waals surface area (Å²) >= 11 is 11.9. The van der Waals surface area contributed by atoms with Gasteiger partial charge in [-0.3, -0.25) is 0 Å². The van der Waals surface area contributed by atoms with Gasteiger partial charge in [0.15, 0.2) is 0 Å². The van der Waals surface area contributed by atoms with Crippen molar-refractivity contribution >= 4 is 40.5 Å². The molecule has 0 amide bonds. The van der Waals surface area contributed by atoms with Crippen molar-refractivity contribution in [2.75, 3.05) is 11.1 Å². The highest BCUT2D eigenvalue weighted by Crippen LogP contribution is 2.34. The Morgan fingerprint density at radius 3 is 2.47 bits per heavy atom. The first kappa shape index (κ1) is 13.8. The summed E-state index contributed by atoms with van der Waals surface area (Å²) in [7, 11) is 0. The molecule has 0 aliphatic carbocycles. The third kappa shape index (κ3) is 2.88. The number of anilines is 3. The zero-order valence-corrected chi connectivity index (χ0v) is 11.6. The number of nitrogens with zero attached hydrogens (tertiary/aromatic N) is 2. The van der Waals surface area contributed by atoms with Crippen LogP contribution >= 0.6 is 23.2 Å². The Balaban J connectivity index is 2.45. The van der Waals surface area contributed by atoms with E-state index in [0.29, 0.717) is 23.7 Å². The van der Waals surface area contributed by atoms with Gasteiger partial charge in [-0.1, -0.05) is 30.1 Å². The second-order valence-corrected chi connectivity index (χ2v) is 4.62. The minimum atomic E-state index is -0.501. The van der Waals surface area contributed by atoms with Gasteiger partial charge in [0.1, 0.15) is 23.8 Å². The fraction of sp³-hybridized carbons (Fsp3) is 0.167. The normalized spacial score (nSPS) is 10.5. The number of rotatable bonds is 3. The summed E-state index contributed by atoms with van der Waals surface area (Å²) in [5.74, 6) is 0.387. The summed E-state index contributed by atoms with van der Waals surface area (Å²) in [6.07, 6.45) is 1.98. The SMILES string of the molecule is CCc1c(N)ncnc1Nc1c(Cl)cc(F)cc1Cl. The summed E-state index contributed by atoms with van der Waals surface area (Å²) in [6.45, 7) is 1.92. The van der Waals surface area contributed by atoms with Gasteiger partial charge < -0.3 is 11.1 Å². The van der Waals surface area contributed by atoms with Crippen molar-refractivity contribution in [3.8, 4) is 0 Å². The molecule has 0 aliphatic heterocycles. The predicted octanol–water partition coefficient (Wildman–Crippen LogP) is 3.81. The number of hydrogen-bond donors (Lipinski definition) is 2. The van der Waals surface area contributed by atoms with E-state index >= 15 is 0 Å². The lowest BCUT2D eigenvalue weighted by atomic mass is 10.2. The molecule has 0 fully saturated rings. The molecule has 100 valence electrons. The molecule has 1 heterocycles. The largest absolute Gasteiger partial charge is 0.383 e. The maximum absolute atomic E-state index is 13.1. The molecule has 0 saturated carbocycles. The van der Waals surface area contributed by atoms with Gasteiger partial charge in [0.25, 0.3) is 0 Å². The molecule has 0 bridgehead atoms. The van der Waals surface area contributed by atoms with E-state index in [-0.39, 0.29) is 10.0 Å². The molecule has 4 nitrogen and oxygen atoms in total. The van der Waals surface area contributed by atoms with Crippen molar-refractivity contribution in [2.24, 2.45) is 0 Å². The molecule has 0 radical (unpaired) electrons. The number of benzene rings is 1. The molecule has 7 heteroatoms. The molecule has 0 aliphatic rings. The average Bonchev–Trinajstić information content (AvgIpc) is 2.34. The predicted molar refractivity (Wildman–Crippen MR) is 75.5 cm³/mol. The first-order chi connectivity index (χ1) is 9.02. The summed E-state index contributed by atoms with van der Waals surface area (Å²) in [4.78, 5) is 8.01. The Hall–Kier alpha value is -1.59. The lowest BCUT2D eigenvalue weighted by molar-refractivity contribution is 0.628. The van der Waals surface area contributed by atoms with Crippen molar-refractivity contribution in [3.63, 3.8) is 0 Å². The van der Waals surface area contributed by atoms with Crippen LogP contribution < -0.4 is 11.1 Å². The van der Waals surface area contributed by atoms with E-state index in [1.165, 1.54) is 18.5 Å². The number of nitrogens with two attached hydrogens (primary N) is 1. The van der Waals surface area contributed by atoms with Gasteiger partial charge in [0.05, 0.1) is 15.7 Å². The molecule has 0 saturated heterocycles. The fourth-order valence-corrected chi connectivity index (χ4v) is 2.22. The Labute approximate surface area is 119 Å². The van der Waals surface area contributed by atoms with E-state index in [1.807, 2.05) is 6.92 Å². The second-order valence-electron chi connectivity index (χ2n) is 3.81. The summed E-state index contributed by atoms with van der Waals surface area (Å²) in [6, 6.07) is 2.35. The Morgan fingerprint density at radius 2 is 1.89 bits per heavy atom. The summed E-state index contributed by atoms with van der Waals surface area (Å²) in [5, 5.41) is 3.31. The van der Waals surface area contributed by atoms with E-state index in [9.17, 15) is 4.39 Å². The van der Waals surface area contributed by atoms with Gasteiger partial charge in [-0.25, -0.2) is 14.4 Å². The van der Waals surface area contributed by atoms with Crippen LogP contribution in [0.2, 0.25) is 10.0 Å². The van der Waals surface area contributed by atoms with Crippen LogP contribution in [0.15, 0.2) is 18.5 Å². The Kier molecular flexibility index (Phi) is 4.07. The molecular formula is C12H11Cl2FN4. The van der Waals surface area contributed by atoms with E-state index in [2.05, 4.69) is 15.3 Å². The standard InChI is InChI=1S/C12H11Cl2FN4/c1-2-7-11(16)17-5-18-12(7)19-10-8(13)3-6(15)4-9(10)14/h3-5H,2H2,1H3,(H3,16,17,18,19). The molecule has 19 heavy (non-hydrogen) atoms. The van der Waals surface area contributed by atoms with Crippen molar-refractivity contribution in [1.29, 1.82) is 0 Å². The molecular weight excluding hydrogens is 290 g/mol. The Bertz CT molecular complexity index is 596. The monoisotopic (exact) mass is 300 g/mol. The van der Waals surface area contributed by atoms with E-state index in [0.717, 1.165) is 5.56 Å². The smallest absolute Gasteiger partial charge is 0.139 e. The van der Waals surface area contributed by atoms with Crippen LogP contribution in [0.4, 0.5) is 21.7 Å². The van der Waals surface area contributed by atoms with Crippen LogP contribution in [-0.2, 0) is 6.42 Å². The minimum absolute atomic E-state index is 0.171. The van der Waals surface area contributed by atoms with E-state index < -0.39 is 5.82 Å². The first-order valence-corrected chi connectivity index (χ1v) is 6.29. The van der Waals surface area contributed by atoms with Crippen LogP contribution in [0.5, 0.6) is 0 Å². The first-order valence-electron chi connectivity index (χ1n) is 5.53. The number of nitrogens with one attached hydrogen (secondary N) is 1. The Morgan fingerprint density at radius 1 is 1.26 bits per heavy atom. The highest BCUT2D eigenvalue weighted by atomic mass is 35.5. The molecule has 2 aromatic rings. The fourth-order valence-electron chi connectivity index (χ4n) is 1.66. The summed E-state index contributed by atoms with van der Waals surface area (Å²) in [5.41, 5.74) is 6.90. The number of aromatic nitrogens is 2. The van der Waals surface area contributed by atoms with Crippen LogP contribution in [0.1, 0.15) is 12.5 Å². The molecule has 1 aromatic heterocycles. The second kappa shape index (κ2) is 5.59. The maximum atomic E-state index is 13.1. The van der Waals surface area contributed by atoms with Crippen molar-refractivity contribution < 1.29 is 4.39 Å². The number of halogens is 3. The maximum Gasteiger partial charge on any atom is 0.139 e. The van der Waals surface area contributed by atoms with E-state index in [1.54, 1.807) is 0 Å². The van der Waals surface area contributed by atoms with Gasteiger partial charge >= 0.3 is 0 Å². The van der Waals surface area contributed by atoms with Crippen molar-refractivity contribution in [2.45, 2.75) is 13.3 Å². The van der Waals surface area contributed by atoms with Gasteiger partial charge in [0, 0.05) is 5.56 Å². The zero-order valence-electron chi connectivity index (χ0n) is 10.0. The van der Waals surface area contributed by atoms with Gasteiger partial charge in [0.2, 0.25) is 0 Å². The quantitative estimate of drug-likeness (QED) is 0.905. The third-order valence-corrected chi connectivity index (χ3v) is 3.18. The van der Waals surface area contributed by atoms with Crippen LogP contribution in [0.25, 0.3) is 0 Å². The van der Waals surface area contributed by atoms with E-state index in [4.69, 9.17) is 28.9 Å². The van der Waals surface area contributed by atoms with Gasteiger partial charge in [-0.05, 0) is 18.6 Å². The molecule has 0 unspecified atom stereocenters. The molecule has 3 N–H and O–H groups in total. The van der Waals surface area contributed by atoms with Crippen molar-refractivity contribution in [1.82, 2.24) is 9.97 Å².